The summed E-state index contributed by atoms with van der Waals surface area (Å²) >= 11 is 0. The normalized spacial score (nSPS) is 15.1. The fourth-order valence-electron chi connectivity index (χ4n) is 1.86. The molecule has 1 aromatic rings. The van der Waals surface area contributed by atoms with Crippen LogP contribution < -0.4 is 5.32 Å². The van der Waals surface area contributed by atoms with Crippen LogP contribution in [0.2, 0.25) is 0 Å². The number of nitrogens with one attached hydrogen (secondary N) is 1. The Bertz CT molecular complexity index is 320. The SMILES string of the molecule is CCC(O)CCNC(C)c1cc(C)oc1C. The van der Waals surface area contributed by atoms with Gasteiger partial charge < -0.3 is 14.8 Å². The van der Waals surface area contributed by atoms with Gasteiger partial charge in [0.2, 0.25) is 0 Å². The third-order valence-electron chi connectivity index (χ3n) is 2.95. The van der Waals surface area contributed by atoms with Crippen LogP contribution in [-0.2, 0) is 0 Å². The van der Waals surface area contributed by atoms with Gasteiger partial charge in [0.1, 0.15) is 11.5 Å². The number of aryl methyl sites for hydroxylation is 2. The molecule has 2 unspecified atom stereocenters. The minimum atomic E-state index is -0.188. The average Bonchev–Trinajstić information content (AvgIpc) is 2.57. The largest absolute Gasteiger partial charge is 0.466 e. The lowest BCUT2D eigenvalue weighted by Gasteiger charge is -2.14. The van der Waals surface area contributed by atoms with Gasteiger partial charge in [0.15, 0.2) is 0 Å². The van der Waals surface area contributed by atoms with E-state index in [1.807, 2.05) is 20.8 Å². The van der Waals surface area contributed by atoms with Gasteiger partial charge in [-0.05, 0) is 46.2 Å². The molecule has 0 saturated carbocycles. The lowest BCUT2D eigenvalue weighted by molar-refractivity contribution is 0.159. The first-order valence-corrected chi connectivity index (χ1v) is 6.03. The van der Waals surface area contributed by atoms with Crippen LogP contribution in [0.25, 0.3) is 0 Å². The van der Waals surface area contributed by atoms with Gasteiger partial charge in [-0.1, -0.05) is 6.92 Å². The molecule has 1 rings (SSSR count). The van der Waals surface area contributed by atoms with Gasteiger partial charge in [0.25, 0.3) is 0 Å². The topological polar surface area (TPSA) is 45.4 Å². The van der Waals surface area contributed by atoms with E-state index in [9.17, 15) is 5.11 Å². The first-order chi connectivity index (χ1) is 7.54. The second-order valence-electron chi connectivity index (χ2n) is 4.40. The van der Waals surface area contributed by atoms with Crippen LogP contribution in [0, 0.1) is 13.8 Å². The molecule has 3 nitrogen and oxygen atoms in total. The van der Waals surface area contributed by atoms with Gasteiger partial charge in [0.05, 0.1) is 6.10 Å². The Labute approximate surface area is 97.9 Å². The number of rotatable bonds is 6. The first-order valence-electron chi connectivity index (χ1n) is 6.03. The van der Waals surface area contributed by atoms with Crippen LogP contribution in [-0.4, -0.2) is 17.8 Å². The van der Waals surface area contributed by atoms with E-state index in [2.05, 4.69) is 18.3 Å². The molecule has 0 aromatic carbocycles. The van der Waals surface area contributed by atoms with E-state index in [0.29, 0.717) is 0 Å². The lowest BCUT2D eigenvalue weighted by Crippen LogP contribution is -2.23. The van der Waals surface area contributed by atoms with Crippen LogP contribution in [0.5, 0.6) is 0 Å². The van der Waals surface area contributed by atoms with Crippen LogP contribution in [0.15, 0.2) is 10.5 Å². The van der Waals surface area contributed by atoms with Gasteiger partial charge in [-0.3, -0.25) is 0 Å². The summed E-state index contributed by atoms with van der Waals surface area (Å²) in [5.74, 6) is 1.93. The number of hydrogen-bond acceptors (Lipinski definition) is 3. The fraction of sp³-hybridized carbons (Fsp3) is 0.692. The molecule has 0 amide bonds. The van der Waals surface area contributed by atoms with E-state index in [0.717, 1.165) is 30.9 Å². The molecular weight excluding hydrogens is 202 g/mol. The molecule has 2 N–H and O–H groups in total. The zero-order chi connectivity index (χ0) is 12.1. The molecule has 16 heavy (non-hydrogen) atoms. The monoisotopic (exact) mass is 225 g/mol. The maximum Gasteiger partial charge on any atom is 0.105 e. The van der Waals surface area contributed by atoms with E-state index >= 15 is 0 Å². The van der Waals surface area contributed by atoms with Crippen molar-refractivity contribution in [2.24, 2.45) is 0 Å². The molecule has 0 aliphatic heterocycles. The highest BCUT2D eigenvalue weighted by atomic mass is 16.3. The van der Waals surface area contributed by atoms with Gasteiger partial charge in [-0.15, -0.1) is 0 Å². The molecule has 0 aliphatic carbocycles. The Kier molecular flexibility index (Phi) is 5.03. The van der Waals surface area contributed by atoms with Crippen molar-refractivity contribution in [3.63, 3.8) is 0 Å². The van der Waals surface area contributed by atoms with Crippen LogP contribution >= 0.6 is 0 Å². The van der Waals surface area contributed by atoms with E-state index in [1.54, 1.807) is 0 Å². The third-order valence-corrected chi connectivity index (χ3v) is 2.95. The molecule has 0 fully saturated rings. The summed E-state index contributed by atoms with van der Waals surface area (Å²) in [5.41, 5.74) is 1.21. The number of aliphatic hydroxyl groups is 1. The fourth-order valence-corrected chi connectivity index (χ4v) is 1.86. The van der Waals surface area contributed by atoms with E-state index in [-0.39, 0.29) is 12.1 Å². The van der Waals surface area contributed by atoms with Crippen LogP contribution in [0.3, 0.4) is 0 Å². The highest BCUT2D eigenvalue weighted by molar-refractivity contribution is 5.23. The van der Waals surface area contributed by atoms with Crippen molar-refractivity contribution in [1.29, 1.82) is 0 Å². The summed E-state index contributed by atoms with van der Waals surface area (Å²) in [4.78, 5) is 0. The molecular formula is C13H23NO2. The summed E-state index contributed by atoms with van der Waals surface area (Å²) in [6.45, 7) is 8.90. The summed E-state index contributed by atoms with van der Waals surface area (Å²) in [6.07, 6.45) is 1.43. The van der Waals surface area contributed by atoms with E-state index in [4.69, 9.17) is 4.42 Å². The lowest BCUT2D eigenvalue weighted by atomic mass is 10.1. The minimum absolute atomic E-state index is 0.188. The number of furan rings is 1. The maximum atomic E-state index is 9.44. The molecule has 3 heteroatoms. The Morgan fingerprint density at radius 2 is 2.12 bits per heavy atom. The number of hydrogen-bond donors (Lipinski definition) is 2. The molecule has 1 heterocycles. The Hall–Kier alpha value is -0.800. The van der Waals surface area contributed by atoms with Gasteiger partial charge in [-0.25, -0.2) is 0 Å². The van der Waals surface area contributed by atoms with Gasteiger partial charge in [0, 0.05) is 11.6 Å². The standard InChI is InChI=1S/C13H23NO2/c1-5-12(15)6-7-14-10(3)13-8-9(2)16-11(13)4/h8,10,12,14-15H,5-7H2,1-4H3. The molecule has 0 saturated heterocycles. The smallest absolute Gasteiger partial charge is 0.105 e. The molecule has 0 radical (unpaired) electrons. The van der Waals surface area contributed by atoms with Crippen molar-refractivity contribution in [2.75, 3.05) is 6.54 Å². The van der Waals surface area contributed by atoms with Crippen molar-refractivity contribution < 1.29 is 9.52 Å². The van der Waals surface area contributed by atoms with Crippen molar-refractivity contribution in [2.45, 2.75) is 52.7 Å². The molecule has 0 aliphatic rings. The highest BCUT2D eigenvalue weighted by Gasteiger charge is 2.12. The van der Waals surface area contributed by atoms with Crippen LogP contribution in [0.1, 0.15) is 49.8 Å². The number of aliphatic hydroxyl groups excluding tert-OH is 1. The molecule has 92 valence electrons. The second-order valence-corrected chi connectivity index (χ2v) is 4.40. The highest BCUT2D eigenvalue weighted by Crippen LogP contribution is 2.20. The Balaban J connectivity index is 2.40. The van der Waals surface area contributed by atoms with Crippen LogP contribution in [0.4, 0.5) is 0 Å². The van der Waals surface area contributed by atoms with E-state index in [1.165, 1.54) is 5.56 Å². The Morgan fingerprint density at radius 1 is 1.44 bits per heavy atom. The molecule has 0 spiro atoms. The second kappa shape index (κ2) is 6.06. The summed E-state index contributed by atoms with van der Waals surface area (Å²) in [7, 11) is 0. The summed E-state index contributed by atoms with van der Waals surface area (Å²) in [6, 6.07) is 2.35. The van der Waals surface area contributed by atoms with Gasteiger partial charge in [-0.2, -0.15) is 0 Å². The zero-order valence-electron chi connectivity index (χ0n) is 10.7. The Morgan fingerprint density at radius 3 is 2.62 bits per heavy atom. The van der Waals surface area contributed by atoms with Crippen molar-refractivity contribution in [3.05, 3.63) is 23.2 Å². The molecule has 2 atom stereocenters. The quantitative estimate of drug-likeness (QED) is 0.782. The summed E-state index contributed by atoms with van der Waals surface area (Å²) < 4.78 is 5.49. The van der Waals surface area contributed by atoms with Crippen molar-refractivity contribution >= 4 is 0 Å². The molecule has 1 aromatic heterocycles. The first kappa shape index (κ1) is 13.3. The maximum absolute atomic E-state index is 9.44. The van der Waals surface area contributed by atoms with Gasteiger partial charge >= 0.3 is 0 Å². The summed E-state index contributed by atoms with van der Waals surface area (Å²) in [5, 5.41) is 12.8. The third kappa shape index (κ3) is 3.65. The minimum Gasteiger partial charge on any atom is -0.466 e. The van der Waals surface area contributed by atoms with E-state index < -0.39 is 0 Å². The van der Waals surface area contributed by atoms with Crippen molar-refractivity contribution in [3.8, 4) is 0 Å². The molecule has 0 bridgehead atoms. The zero-order valence-corrected chi connectivity index (χ0v) is 10.7. The predicted molar refractivity (Wildman–Crippen MR) is 65.5 cm³/mol. The van der Waals surface area contributed by atoms with Crippen molar-refractivity contribution in [1.82, 2.24) is 5.32 Å². The average molecular weight is 225 g/mol. The predicted octanol–water partition coefficient (Wildman–Crippen LogP) is 2.71.